The number of benzene rings is 1. The number of carboxylic acid groups (broad SMARTS) is 1. The van der Waals surface area contributed by atoms with E-state index in [9.17, 15) is 14.7 Å². The second kappa shape index (κ2) is 6.73. The first kappa shape index (κ1) is 21.6. The largest absolute Gasteiger partial charge is 0.481 e. The first-order valence-electron chi connectivity index (χ1n) is 7.43. The third-order valence-electron chi connectivity index (χ3n) is 4.92. The fourth-order valence-corrected chi connectivity index (χ4v) is 6.63. The van der Waals surface area contributed by atoms with Crippen LogP contribution >= 0.6 is 81.2 Å². The summed E-state index contributed by atoms with van der Waals surface area (Å²) in [6.07, 6.45) is 0. The summed E-state index contributed by atoms with van der Waals surface area (Å²) in [5.74, 6) is -5.35. The Balaban J connectivity index is 2.10. The lowest BCUT2D eigenvalue weighted by atomic mass is 9.81. The Kier molecular flexibility index (Phi) is 5.39. The summed E-state index contributed by atoms with van der Waals surface area (Å²) >= 11 is 44.1. The summed E-state index contributed by atoms with van der Waals surface area (Å²) in [5.41, 5.74) is 1.12. The van der Waals surface area contributed by atoms with Crippen molar-refractivity contribution in [2.45, 2.75) is 21.0 Å². The predicted molar refractivity (Wildman–Crippen MR) is 110 cm³/mol. The van der Waals surface area contributed by atoms with E-state index < -0.39 is 37.8 Å². The summed E-state index contributed by atoms with van der Waals surface area (Å²) in [7, 11) is 0. The van der Waals surface area contributed by atoms with Gasteiger partial charge in [-0.3, -0.25) is 9.59 Å². The van der Waals surface area contributed by atoms with Crippen molar-refractivity contribution in [2.75, 3.05) is 5.32 Å². The van der Waals surface area contributed by atoms with E-state index in [1.807, 2.05) is 0 Å². The number of hydrogen-bond acceptors (Lipinski definition) is 2. The van der Waals surface area contributed by atoms with Crippen LogP contribution in [0.5, 0.6) is 0 Å². The highest BCUT2D eigenvalue weighted by Gasteiger charge is 2.85. The van der Waals surface area contributed by atoms with Crippen LogP contribution in [0.4, 0.5) is 5.69 Å². The highest BCUT2D eigenvalue weighted by Crippen LogP contribution is 2.76. The van der Waals surface area contributed by atoms with Gasteiger partial charge in [0.2, 0.25) is 5.91 Å². The molecule has 4 atom stereocenters. The first-order valence-corrected chi connectivity index (χ1v) is 10.1. The van der Waals surface area contributed by atoms with Gasteiger partial charge in [-0.2, -0.15) is 0 Å². The van der Waals surface area contributed by atoms with E-state index in [1.54, 1.807) is 19.1 Å². The van der Waals surface area contributed by atoms with E-state index in [4.69, 9.17) is 81.2 Å². The van der Waals surface area contributed by atoms with Crippen molar-refractivity contribution in [3.05, 3.63) is 38.8 Å². The van der Waals surface area contributed by atoms with Crippen molar-refractivity contribution in [1.29, 1.82) is 0 Å². The summed E-state index contributed by atoms with van der Waals surface area (Å²) in [6, 6.07) is 4.79. The minimum absolute atomic E-state index is 0.259. The van der Waals surface area contributed by atoms with Gasteiger partial charge in [0, 0.05) is 10.7 Å². The van der Waals surface area contributed by atoms with Crippen LogP contribution in [0.2, 0.25) is 5.02 Å². The number of fused-ring (bicyclic) bond motifs is 2. The van der Waals surface area contributed by atoms with Gasteiger partial charge in [0.1, 0.15) is 9.75 Å². The van der Waals surface area contributed by atoms with Crippen LogP contribution in [-0.4, -0.2) is 31.1 Å². The van der Waals surface area contributed by atoms with Gasteiger partial charge in [0.05, 0.1) is 21.9 Å². The molecule has 2 aliphatic rings. The van der Waals surface area contributed by atoms with Gasteiger partial charge in [0.25, 0.3) is 0 Å². The molecule has 0 heterocycles. The SMILES string of the molecule is Cc1ccc(NC(=O)[C@H]2[C@H](C(=O)O)[C@]3(Cl)C(Cl)=C(Cl)[C@]2(Cl)C3(Cl)Cl)cc1Cl. The predicted octanol–water partition coefficient (Wildman–Crippen LogP) is 5.75. The number of hydrogen-bond donors (Lipinski definition) is 2. The van der Waals surface area contributed by atoms with Gasteiger partial charge in [0.15, 0.2) is 4.33 Å². The van der Waals surface area contributed by atoms with E-state index in [0.717, 1.165) is 5.56 Å². The number of allylic oxidation sites excluding steroid dienone is 2. The Morgan fingerprint density at radius 3 is 2.00 bits per heavy atom. The third kappa shape index (κ3) is 2.64. The van der Waals surface area contributed by atoms with Crippen LogP contribution in [0.3, 0.4) is 0 Å². The van der Waals surface area contributed by atoms with Crippen LogP contribution in [0.1, 0.15) is 5.56 Å². The monoisotopic (exact) mass is 509 g/mol. The standard InChI is InChI=1S/C16H10Cl7NO3/c1-5-2-3-6(4-7(5)17)24-12(25)8-9(13(26)27)15(21)11(19)10(18)14(8,20)16(15,22)23/h2-4,8-9H,1H3,(H,24,25)(H,26,27)/t8-,9-,14+,15+/m1/s1. The van der Waals surface area contributed by atoms with Gasteiger partial charge in [-0.25, -0.2) is 0 Å². The summed E-state index contributed by atoms with van der Waals surface area (Å²) < 4.78 is -2.15. The Morgan fingerprint density at radius 1 is 1.00 bits per heavy atom. The third-order valence-corrected chi connectivity index (χ3v) is 9.59. The van der Waals surface area contributed by atoms with Gasteiger partial charge in [-0.15, -0.1) is 23.2 Å². The number of carboxylic acids is 1. The van der Waals surface area contributed by atoms with Crippen molar-refractivity contribution in [1.82, 2.24) is 0 Å². The van der Waals surface area contributed by atoms with Crippen LogP contribution < -0.4 is 5.32 Å². The van der Waals surface area contributed by atoms with E-state index in [2.05, 4.69) is 5.32 Å². The molecular formula is C16H10Cl7NO3. The van der Waals surface area contributed by atoms with Crippen molar-refractivity contribution in [3.63, 3.8) is 0 Å². The van der Waals surface area contributed by atoms with E-state index >= 15 is 0 Å². The molecule has 1 amide bonds. The average molecular weight is 512 g/mol. The van der Waals surface area contributed by atoms with Crippen molar-refractivity contribution < 1.29 is 14.7 Å². The maximum absolute atomic E-state index is 13.0. The number of nitrogens with one attached hydrogen (secondary N) is 1. The molecule has 4 nitrogen and oxygen atoms in total. The number of carbonyl (C=O) groups is 2. The molecule has 1 aromatic rings. The van der Waals surface area contributed by atoms with E-state index in [-0.39, 0.29) is 10.1 Å². The number of amides is 1. The molecule has 11 heteroatoms. The molecule has 2 aliphatic carbocycles. The zero-order valence-electron chi connectivity index (χ0n) is 13.3. The second-order valence-corrected chi connectivity index (χ2v) is 10.1. The maximum atomic E-state index is 13.0. The van der Waals surface area contributed by atoms with Gasteiger partial charge < -0.3 is 10.4 Å². The molecule has 0 unspecified atom stereocenters. The molecule has 2 N–H and O–H groups in total. The van der Waals surface area contributed by atoms with Crippen molar-refractivity contribution >= 4 is 98.8 Å². The first-order chi connectivity index (χ1) is 12.3. The molecule has 0 saturated heterocycles. The lowest BCUT2D eigenvalue weighted by Gasteiger charge is -2.33. The number of aryl methyl sites for hydroxylation is 1. The van der Waals surface area contributed by atoms with E-state index in [0.29, 0.717) is 10.7 Å². The lowest BCUT2D eigenvalue weighted by molar-refractivity contribution is -0.146. The Hall–Kier alpha value is -0.0700. The Morgan fingerprint density at radius 2 is 1.52 bits per heavy atom. The van der Waals surface area contributed by atoms with E-state index in [1.165, 1.54) is 6.07 Å². The summed E-state index contributed by atoms with van der Waals surface area (Å²) in [5, 5.41) is 12.2. The van der Waals surface area contributed by atoms with Crippen molar-refractivity contribution in [2.24, 2.45) is 11.8 Å². The number of halogens is 7. The lowest BCUT2D eigenvalue weighted by Crippen LogP contribution is -2.47. The molecule has 0 aliphatic heterocycles. The zero-order valence-corrected chi connectivity index (χ0v) is 18.6. The minimum Gasteiger partial charge on any atom is -0.481 e. The quantitative estimate of drug-likeness (QED) is 0.507. The molecular weight excluding hydrogens is 502 g/mol. The number of aliphatic carboxylic acids is 1. The molecule has 27 heavy (non-hydrogen) atoms. The fraction of sp³-hybridized carbons (Fsp3) is 0.375. The number of carbonyl (C=O) groups excluding carboxylic acids is 1. The van der Waals surface area contributed by atoms with Crippen LogP contribution in [0, 0.1) is 18.8 Å². The molecule has 1 fully saturated rings. The van der Waals surface area contributed by atoms with Gasteiger partial charge in [-0.1, -0.05) is 64.1 Å². The van der Waals surface area contributed by atoms with Crippen LogP contribution in [0.15, 0.2) is 28.3 Å². The van der Waals surface area contributed by atoms with Crippen molar-refractivity contribution in [3.8, 4) is 0 Å². The normalized spacial score (nSPS) is 34.1. The molecule has 146 valence electrons. The topological polar surface area (TPSA) is 66.4 Å². The van der Waals surface area contributed by atoms with Gasteiger partial charge in [-0.05, 0) is 24.6 Å². The summed E-state index contributed by atoms with van der Waals surface area (Å²) in [4.78, 5) is 20.9. The molecule has 0 spiro atoms. The molecule has 3 rings (SSSR count). The van der Waals surface area contributed by atoms with Gasteiger partial charge >= 0.3 is 5.97 Å². The van der Waals surface area contributed by atoms with Crippen LogP contribution in [-0.2, 0) is 9.59 Å². The molecule has 2 bridgehead atoms. The number of alkyl halides is 4. The Bertz CT molecular complexity index is 902. The Labute approximate surface area is 189 Å². The molecule has 1 saturated carbocycles. The number of rotatable bonds is 3. The molecule has 1 aromatic carbocycles. The summed E-state index contributed by atoms with van der Waals surface area (Å²) in [6.45, 7) is 1.79. The maximum Gasteiger partial charge on any atom is 0.309 e. The smallest absolute Gasteiger partial charge is 0.309 e. The second-order valence-electron chi connectivity index (χ2n) is 6.37. The number of anilines is 1. The van der Waals surface area contributed by atoms with Crippen LogP contribution in [0.25, 0.3) is 0 Å². The fourth-order valence-electron chi connectivity index (χ4n) is 3.52. The highest BCUT2D eigenvalue weighted by atomic mass is 35.5. The highest BCUT2D eigenvalue weighted by molar-refractivity contribution is 6.66. The molecule has 0 radical (unpaired) electrons. The minimum atomic E-state index is -2.15. The molecule has 0 aromatic heterocycles. The zero-order chi connectivity index (χ0) is 20.5. The average Bonchev–Trinajstić information content (AvgIpc) is 2.78.